The Labute approximate surface area is 98.0 Å². The largest absolute Gasteiger partial charge is 0.375 e. The fourth-order valence-electron chi connectivity index (χ4n) is 1.34. The molecule has 1 aromatic heterocycles. The molecule has 5 nitrogen and oxygen atoms in total. The summed E-state index contributed by atoms with van der Waals surface area (Å²) in [5.41, 5.74) is 5.83. The Balaban J connectivity index is 2.11. The van der Waals surface area contributed by atoms with Crippen LogP contribution in [0, 0.1) is 0 Å². The number of nitrogens with two attached hydrogens (primary N) is 1. The van der Waals surface area contributed by atoms with Crippen LogP contribution in [0.4, 0.5) is 5.13 Å². The summed E-state index contributed by atoms with van der Waals surface area (Å²) in [5, 5.41) is 3.34. The molecule has 2 rings (SSSR count). The fourth-order valence-corrected chi connectivity index (χ4v) is 2.28. The van der Waals surface area contributed by atoms with E-state index in [0.717, 1.165) is 17.0 Å². The molecule has 0 bridgehead atoms. The van der Waals surface area contributed by atoms with Gasteiger partial charge in [-0.15, -0.1) is 0 Å². The summed E-state index contributed by atoms with van der Waals surface area (Å²) in [5.74, 6) is -0.223. The molecule has 0 unspecified atom stereocenters. The summed E-state index contributed by atoms with van der Waals surface area (Å²) < 4.78 is 5.31. The molecule has 0 saturated heterocycles. The number of aromatic nitrogens is 1. The van der Waals surface area contributed by atoms with Crippen LogP contribution in [-0.4, -0.2) is 23.0 Å². The number of thiazole rings is 1. The van der Waals surface area contributed by atoms with Crippen molar-refractivity contribution >= 4 is 22.4 Å². The zero-order chi connectivity index (χ0) is 11.8. The van der Waals surface area contributed by atoms with E-state index in [0.29, 0.717) is 18.3 Å². The first-order valence-corrected chi connectivity index (χ1v) is 5.95. The fraction of sp³-hybridized carbons (Fsp3) is 0.600. The van der Waals surface area contributed by atoms with Crippen molar-refractivity contribution in [2.24, 2.45) is 5.73 Å². The van der Waals surface area contributed by atoms with Gasteiger partial charge in [0.25, 0.3) is 0 Å². The lowest BCUT2D eigenvalue weighted by Gasteiger charge is -2.16. The third-order valence-corrected chi connectivity index (χ3v) is 3.29. The second-order valence-corrected chi connectivity index (χ2v) is 5.45. The lowest BCUT2D eigenvalue weighted by Crippen LogP contribution is -2.45. The summed E-state index contributed by atoms with van der Waals surface area (Å²) in [6.07, 6.45) is 0.813. The summed E-state index contributed by atoms with van der Waals surface area (Å²) in [4.78, 5) is 17.1. The Morgan fingerprint density at radius 3 is 3.00 bits per heavy atom. The minimum Gasteiger partial charge on any atom is -0.375 e. The van der Waals surface area contributed by atoms with Crippen molar-refractivity contribution in [3.63, 3.8) is 0 Å². The molecule has 0 radical (unpaired) electrons. The number of nitrogens with zero attached hydrogens (tertiary/aromatic N) is 1. The number of anilines is 1. The molecule has 1 amide bonds. The van der Waals surface area contributed by atoms with Gasteiger partial charge in [-0.2, -0.15) is 0 Å². The molecule has 0 aliphatic carbocycles. The highest BCUT2D eigenvalue weighted by Crippen LogP contribution is 2.27. The lowest BCUT2D eigenvalue weighted by atomic mass is 10.1. The number of nitrogens with one attached hydrogen (secondary N) is 1. The lowest BCUT2D eigenvalue weighted by molar-refractivity contribution is -0.120. The number of carbonyl (C=O) groups excluding carboxylic acids is 1. The summed E-state index contributed by atoms with van der Waals surface area (Å²) in [6.45, 7) is 4.62. The van der Waals surface area contributed by atoms with E-state index in [-0.39, 0.29) is 5.91 Å². The molecule has 0 spiro atoms. The van der Waals surface area contributed by atoms with Gasteiger partial charge in [0.05, 0.1) is 29.3 Å². The van der Waals surface area contributed by atoms with E-state index in [1.54, 1.807) is 13.8 Å². The van der Waals surface area contributed by atoms with E-state index in [1.807, 2.05) is 0 Å². The van der Waals surface area contributed by atoms with Crippen LogP contribution >= 0.6 is 11.3 Å². The third-order valence-electron chi connectivity index (χ3n) is 2.30. The summed E-state index contributed by atoms with van der Waals surface area (Å²) >= 11 is 1.46. The van der Waals surface area contributed by atoms with E-state index in [9.17, 15) is 4.79 Å². The van der Waals surface area contributed by atoms with Crippen LogP contribution in [-0.2, 0) is 22.6 Å². The van der Waals surface area contributed by atoms with Gasteiger partial charge in [-0.05, 0) is 13.8 Å². The molecule has 6 heteroatoms. The number of amides is 1. The van der Waals surface area contributed by atoms with Crippen molar-refractivity contribution in [1.29, 1.82) is 0 Å². The molecule has 1 aliphatic heterocycles. The predicted molar refractivity (Wildman–Crippen MR) is 62.4 cm³/mol. The molecule has 0 saturated carbocycles. The van der Waals surface area contributed by atoms with E-state index >= 15 is 0 Å². The van der Waals surface area contributed by atoms with Gasteiger partial charge in [-0.25, -0.2) is 4.98 Å². The monoisotopic (exact) mass is 241 g/mol. The maximum absolute atomic E-state index is 11.6. The van der Waals surface area contributed by atoms with Crippen LogP contribution in [0.1, 0.15) is 24.4 Å². The topological polar surface area (TPSA) is 77.2 Å². The highest BCUT2D eigenvalue weighted by molar-refractivity contribution is 7.15. The van der Waals surface area contributed by atoms with Crippen molar-refractivity contribution in [2.75, 3.05) is 11.9 Å². The molecule has 0 fully saturated rings. The second-order valence-electron chi connectivity index (χ2n) is 4.37. The van der Waals surface area contributed by atoms with Gasteiger partial charge in [-0.3, -0.25) is 4.79 Å². The Morgan fingerprint density at radius 2 is 2.38 bits per heavy atom. The number of carbonyl (C=O) groups is 1. The van der Waals surface area contributed by atoms with E-state index in [2.05, 4.69) is 10.3 Å². The summed E-state index contributed by atoms with van der Waals surface area (Å²) in [7, 11) is 0. The predicted octanol–water partition coefficient (Wildman–Crippen LogP) is 0.892. The average molecular weight is 241 g/mol. The number of hydrogen-bond donors (Lipinski definition) is 2. The van der Waals surface area contributed by atoms with Crippen molar-refractivity contribution in [3.8, 4) is 0 Å². The van der Waals surface area contributed by atoms with Crippen LogP contribution in [0.3, 0.4) is 0 Å². The number of fused-ring (bicyclic) bond motifs is 1. The van der Waals surface area contributed by atoms with Crippen LogP contribution < -0.4 is 11.1 Å². The Kier molecular flexibility index (Phi) is 2.96. The maximum Gasteiger partial charge on any atom is 0.245 e. The molecule has 16 heavy (non-hydrogen) atoms. The van der Waals surface area contributed by atoms with Crippen LogP contribution in [0.2, 0.25) is 0 Å². The van der Waals surface area contributed by atoms with Gasteiger partial charge >= 0.3 is 0 Å². The Bertz CT molecular complexity index is 385. The van der Waals surface area contributed by atoms with Gasteiger partial charge in [0.2, 0.25) is 5.91 Å². The number of hydrogen-bond acceptors (Lipinski definition) is 5. The van der Waals surface area contributed by atoms with Gasteiger partial charge in [0, 0.05) is 6.42 Å². The molecule has 88 valence electrons. The quantitative estimate of drug-likeness (QED) is 0.806. The van der Waals surface area contributed by atoms with Crippen molar-refractivity contribution in [3.05, 3.63) is 10.6 Å². The van der Waals surface area contributed by atoms with Crippen LogP contribution in [0.5, 0.6) is 0 Å². The Morgan fingerprint density at radius 1 is 1.62 bits per heavy atom. The average Bonchev–Trinajstić information content (AvgIpc) is 2.58. The molecule has 0 atom stereocenters. The third kappa shape index (κ3) is 2.40. The second kappa shape index (κ2) is 4.12. The van der Waals surface area contributed by atoms with Crippen molar-refractivity contribution in [1.82, 2.24) is 4.98 Å². The first-order valence-electron chi connectivity index (χ1n) is 5.13. The number of rotatable bonds is 2. The SMILES string of the molecule is CC(C)(N)C(=O)Nc1nc2c(s1)COCC2. The minimum atomic E-state index is -0.886. The van der Waals surface area contributed by atoms with E-state index < -0.39 is 5.54 Å². The standard InChI is InChI=1S/C10H15N3O2S/c1-10(2,11)8(14)13-9-12-6-3-4-15-5-7(6)16-9/h3-5,11H2,1-2H3,(H,12,13,14). The normalized spacial score (nSPS) is 15.7. The minimum absolute atomic E-state index is 0.223. The van der Waals surface area contributed by atoms with Gasteiger partial charge < -0.3 is 15.8 Å². The molecule has 3 N–H and O–H groups in total. The zero-order valence-electron chi connectivity index (χ0n) is 9.37. The van der Waals surface area contributed by atoms with E-state index in [1.165, 1.54) is 11.3 Å². The van der Waals surface area contributed by atoms with Gasteiger partial charge in [0.15, 0.2) is 5.13 Å². The van der Waals surface area contributed by atoms with Crippen molar-refractivity contribution in [2.45, 2.75) is 32.4 Å². The van der Waals surface area contributed by atoms with Crippen LogP contribution in [0.15, 0.2) is 0 Å². The van der Waals surface area contributed by atoms with Crippen molar-refractivity contribution < 1.29 is 9.53 Å². The molecule has 0 aromatic carbocycles. The first-order chi connectivity index (χ1) is 7.47. The number of ether oxygens (including phenoxy) is 1. The smallest absolute Gasteiger partial charge is 0.245 e. The highest BCUT2D eigenvalue weighted by atomic mass is 32.1. The maximum atomic E-state index is 11.6. The van der Waals surface area contributed by atoms with E-state index in [4.69, 9.17) is 10.5 Å². The molecule has 2 heterocycles. The molecule has 1 aromatic rings. The zero-order valence-corrected chi connectivity index (χ0v) is 10.2. The first kappa shape index (κ1) is 11.5. The van der Waals surface area contributed by atoms with Gasteiger partial charge in [0.1, 0.15) is 0 Å². The Hall–Kier alpha value is -0.980. The molecule has 1 aliphatic rings. The molecular formula is C10H15N3O2S. The van der Waals surface area contributed by atoms with Crippen LogP contribution in [0.25, 0.3) is 0 Å². The highest BCUT2D eigenvalue weighted by Gasteiger charge is 2.24. The van der Waals surface area contributed by atoms with Gasteiger partial charge in [-0.1, -0.05) is 11.3 Å². The summed E-state index contributed by atoms with van der Waals surface area (Å²) in [6, 6.07) is 0. The molecular weight excluding hydrogens is 226 g/mol.